The lowest BCUT2D eigenvalue weighted by Gasteiger charge is -2.10. The van der Waals surface area contributed by atoms with Crippen molar-refractivity contribution in [2.75, 3.05) is 6.54 Å². The average Bonchev–Trinajstić information content (AvgIpc) is 3.23. The second-order valence-corrected chi connectivity index (χ2v) is 7.12. The first-order chi connectivity index (χ1) is 12.8. The Morgan fingerprint density at radius 2 is 2.04 bits per heavy atom. The molecule has 3 aromatic heterocycles. The lowest BCUT2D eigenvalue weighted by atomic mass is 10.1. The fourth-order valence-electron chi connectivity index (χ4n) is 2.80. The van der Waals surface area contributed by atoms with Crippen LogP contribution in [0.1, 0.15) is 34.1 Å². The van der Waals surface area contributed by atoms with Gasteiger partial charge in [0.05, 0.1) is 0 Å². The predicted octanol–water partition coefficient (Wildman–Crippen LogP) is 3.11. The van der Waals surface area contributed by atoms with Crippen molar-refractivity contribution in [3.63, 3.8) is 0 Å². The van der Waals surface area contributed by atoms with E-state index in [1.807, 2.05) is 17.5 Å². The van der Waals surface area contributed by atoms with Gasteiger partial charge >= 0.3 is 6.18 Å². The second kappa shape index (κ2) is 7.63. The van der Waals surface area contributed by atoms with Crippen molar-refractivity contribution in [1.29, 1.82) is 0 Å². The third-order valence-electron chi connectivity index (χ3n) is 4.18. The first-order valence-electron chi connectivity index (χ1n) is 8.35. The Hall–Kier alpha value is -2.49. The Bertz CT molecular complexity index is 950. The number of hydrogen-bond acceptors (Lipinski definition) is 5. The molecule has 0 unspecified atom stereocenters. The van der Waals surface area contributed by atoms with Gasteiger partial charge < -0.3 is 5.32 Å². The van der Waals surface area contributed by atoms with Gasteiger partial charge in [-0.3, -0.25) is 4.79 Å². The van der Waals surface area contributed by atoms with Crippen molar-refractivity contribution in [2.24, 2.45) is 0 Å². The third-order valence-corrected chi connectivity index (χ3v) is 5.11. The molecule has 1 N–H and O–H groups in total. The summed E-state index contributed by atoms with van der Waals surface area (Å²) >= 11 is 1.64. The minimum atomic E-state index is -4.63. The van der Waals surface area contributed by atoms with Crippen molar-refractivity contribution in [2.45, 2.75) is 39.3 Å². The van der Waals surface area contributed by atoms with Gasteiger partial charge in [-0.1, -0.05) is 6.07 Å². The minimum Gasteiger partial charge on any atom is -0.356 e. The molecular formula is C17H18F3N5OS. The molecule has 0 saturated heterocycles. The van der Waals surface area contributed by atoms with Gasteiger partial charge in [0, 0.05) is 29.2 Å². The maximum Gasteiger partial charge on any atom is 0.453 e. The SMILES string of the molecule is Cc1nc2nc(C(F)(F)F)nn2c(C)c1CCC(=O)NCCc1cccs1. The number of thiophene rings is 1. The van der Waals surface area contributed by atoms with Crippen LogP contribution in [0.3, 0.4) is 0 Å². The van der Waals surface area contributed by atoms with E-state index in [0.717, 1.165) is 10.9 Å². The van der Waals surface area contributed by atoms with E-state index in [1.54, 1.807) is 25.2 Å². The van der Waals surface area contributed by atoms with E-state index in [9.17, 15) is 18.0 Å². The zero-order chi connectivity index (χ0) is 19.6. The van der Waals surface area contributed by atoms with Gasteiger partial charge in [-0.05, 0) is 43.7 Å². The normalized spacial score (nSPS) is 11.9. The molecule has 1 amide bonds. The molecular weight excluding hydrogens is 379 g/mol. The Kier molecular flexibility index (Phi) is 5.45. The number of halogens is 3. The number of amides is 1. The fourth-order valence-corrected chi connectivity index (χ4v) is 3.51. The van der Waals surface area contributed by atoms with Crippen LogP contribution in [-0.4, -0.2) is 32.0 Å². The molecule has 0 atom stereocenters. The molecule has 0 radical (unpaired) electrons. The summed E-state index contributed by atoms with van der Waals surface area (Å²) in [5, 5.41) is 8.35. The number of nitrogens with zero attached hydrogens (tertiary/aromatic N) is 4. The number of carbonyl (C=O) groups excluding carboxylic acids is 1. The summed E-state index contributed by atoms with van der Waals surface area (Å²) in [7, 11) is 0. The van der Waals surface area contributed by atoms with E-state index < -0.39 is 12.0 Å². The minimum absolute atomic E-state index is 0.0959. The maximum absolute atomic E-state index is 12.8. The molecule has 0 aliphatic rings. The van der Waals surface area contributed by atoms with Gasteiger partial charge in [-0.15, -0.1) is 16.4 Å². The summed E-state index contributed by atoms with van der Waals surface area (Å²) in [6.45, 7) is 3.89. The maximum atomic E-state index is 12.8. The van der Waals surface area contributed by atoms with Gasteiger partial charge in [0.25, 0.3) is 11.6 Å². The summed E-state index contributed by atoms with van der Waals surface area (Å²) in [5.74, 6) is -1.43. The van der Waals surface area contributed by atoms with Crippen molar-refractivity contribution in [3.8, 4) is 0 Å². The monoisotopic (exact) mass is 397 g/mol. The zero-order valence-electron chi connectivity index (χ0n) is 14.8. The highest BCUT2D eigenvalue weighted by Crippen LogP contribution is 2.27. The summed E-state index contributed by atoms with van der Waals surface area (Å²) in [6, 6.07) is 3.97. The van der Waals surface area contributed by atoms with Crippen LogP contribution in [0.25, 0.3) is 5.78 Å². The van der Waals surface area contributed by atoms with Crippen LogP contribution in [0.5, 0.6) is 0 Å². The third kappa shape index (κ3) is 4.44. The Balaban J connectivity index is 1.66. The molecule has 27 heavy (non-hydrogen) atoms. The highest BCUT2D eigenvalue weighted by molar-refractivity contribution is 7.09. The van der Waals surface area contributed by atoms with Crippen LogP contribution in [0.2, 0.25) is 0 Å². The Labute approximate surface area is 157 Å². The lowest BCUT2D eigenvalue weighted by molar-refractivity contribution is -0.144. The number of aryl methyl sites for hydroxylation is 2. The molecule has 0 saturated carbocycles. The van der Waals surface area contributed by atoms with Gasteiger partial charge in [0.15, 0.2) is 0 Å². The van der Waals surface area contributed by atoms with E-state index in [1.165, 1.54) is 4.88 Å². The van der Waals surface area contributed by atoms with E-state index in [2.05, 4.69) is 20.4 Å². The van der Waals surface area contributed by atoms with Crippen LogP contribution < -0.4 is 5.32 Å². The van der Waals surface area contributed by atoms with Crippen LogP contribution in [-0.2, 0) is 23.8 Å². The van der Waals surface area contributed by atoms with Crippen LogP contribution in [0, 0.1) is 13.8 Å². The fraction of sp³-hybridized carbons (Fsp3) is 0.412. The molecule has 3 rings (SSSR count). The molecule has 0 aliphatic carbocycles. The molecule has 3 heterocycles. The zero-order valence-corrected chi connectivity index (χ0v) is 15.6. The molecule has 0 fully saturated rings. The average molecular weight is 397 g/mol. The van der Waals surface area contributed by atoms with Crippen LogP contribution in [0.4, 0.5) is 13.2 Å². The van der Waals surface area contributed by atoms with Crippen molar-refractivity contribution in [1.82, 2.24) is 24.9 Å². The first kappa shape index (κ1) is 19.3. The topological polar surface area (TPSA) is 72.2 Å². The molecule has 10 heteroatoms. The van der Waals surface area contributed by atoms with E-state index in [-0.39, 0.29) is 18.1 Å². The van der Waals surface area contributed by atoms with Crippen molar-refractivity contribution < 1.29 is 18.0 Å². The first-order valence-corrected chi connectivity index (χ1v) is 9.23. The van der Waals surface area contributed by atoms with Crippen LogP contribution >= 0.6 is 11.3 Å². The van der Waals surface area contributed by atoms with Crippen molar-refractivity contribution >= 4 is 23.0 Å². The van der Waals surface area contributed by atoms with Gasteiger partial charge in [-0.2, -0.15) is 18.2 Å². The Morgan fingerprint density at radius 1 is 1.26 bits per heavy atom. The second-order valence-electron chi connectivity index (χ2n) is 6.09. The van der Waals surface area contributed by atoms with Crippen molar-refractivity contribution in [3.05, 3.63) is 45.2 Å². The largest absolute Gasteiger partial charge is 0.453 e. The molecule has 6 nitrogen and oxygen atoms in total. The number of rotatable bonds is 6. The molecule has 144 valence electrons. The Morgan fingerprint density at radius 3 is 2.70 bits per heavy atom. The molecule has 0 aliphatic heterocycles. The predicted molar refractivity (Wildman–Crippen MR) is 94.6 cm³/mol. The van der Waals surface area contributed by atoms with E-state index in [4.69, 9.17) is 0 Å². The number of carbonyl (C=O) groups is 1. The van der Waals surface area contributed by atoms with E-state index in [0.29, 0.717) is 29.9 Å². The summed E-state index contributed by atoms with van der Waals surface area (Å²) in [6.07, 6.45) is -3.27. The lowest BCUT2D eigenvalue weighted by Crippen LogP contribution is -2.26. The highest BCUT2D eigenvalue weighted by Gasteiger charge is 2.36. The summed E-state index contributed by atoms with van der Waals surface area (Å²) in [5.41, 5.74) is 1.76. The number of fused-ring (bicyclic) bond motifs is 1. The molecule has 0 bridgehead atoms. The van der Waals surface area contributed by atoms with Gasteiger partial charge in [0.1, 0.15) is 0 Å². The summed E-state index contributed by atoms with van der Waals surface area (Å²) < 4.78 is 39.5. The van der Waals surface area contributed by atoms with Gasteiger partial charge in [-0.25, -0.2) is 9.50 Å². The van der Waals surface area contributed by atoms with Gasteiger partial charge in [0.2, 0.25) is 5.91 Å². The number of hydrogen-bond donors (Lipinski definition) is 1. The molecule has 3 aromatic rings. The molecule has 0 aromatic carbocycles. The smallest absolute Gasteiger partial charge is 0.356 e. The molecule has 0 spiro atoms. The highest BCUT2D eigenvalue weighted by atomic mass is 32.1. The standard InChI is InChI=1S/C17H18F3N5OS/c1-10-13(5-6-14(26)21-8-7-12-4-3-9-27-12)11(2)25-16(22-10)23-15(24-25)17(18,19)20/h3-4,9H,5-8H2,1-2H3,(H,21,26). The number of aromatic nitrogens is 4. The quantitative estimate of drug-likeness (QED) is 0.694. The number of alkyl halides is 3. The number of nitrogens with one attached hydrogen (secondary N) is 1. The summed E-state index contributed by atoms with van der Waals surface area (Å²) in [4.78, 5) is 20.8. The van der Waals surface area contributed by atoms with E-state index >= 15 is 0 Å². The van der Waals surface area contributed by atoms with Crippen LogP contribution in [0.15, 0.2) is 17.5 Å².